The molecule has 4 unspecified atom stereocenters. The van der Waals surface area contributed by atoms with E-state index in [0.717, 1.165) is 12.8 Å². The zero-order valence-electron chi connectivity index (χ0n) is 36.9. The fourth-order valence-corrected chi connectivity index (χ4v) is 7.25. The van der Waals surface area contributed by atoms with Gasteiger partial charge in [0.1, 0.15) is 17.6 Å². The molecule has 0 spiro atoms. The minimum absolute atomic E-state index is 0.0149. The Morgan fingerprint density at radius 2 is 1.49 bits per heavy atom. The number of urea groups is 1. The van der Waals surface area contributed by atoms with E-state index >= 15 is 0 Å². The molecule has 0 aliphatic carbocycles. The second-order valence-electron chi connectivity index (χ2n) is 17.8. The third-order valence-corrected chi connectivity index (χ3v) is 14.7. The number of ether oxygens (including phenoxy) is 3. The minimum Gasteiger partial charge on any atom is -0.493 e. The molecule has 0 fully saturated rings. The standard InChI is InChI=1S/C42H76N4O8Si/c1-16-25-46(39(49)43-12)38(48)32(29(2)3)24-23-31(44-40(50)53-41(6,7)8)28-34(30(4)5)37(54-55(14,15)42(9,10)11)45-36(47)33-21-17-18-22-35(33)52-27-20-19-26-51-13/h17-18,21-22,29-32,34,37H,16,19-20,23-28H2,1-15H3,(H,43,49)(H,44,50)(H,45,47). The molecule has 0 aliphatic heterocycles. The van der Waals surface area contributed by atoms with Crippen molar-refractivity contribution < 1.29 is 37.8 Å². The van der Waals surface area contributed by atoms with Crippen LogP contribution in [0.2, 0.25) is 18.1 Å². The molecule has 55 heavy (non-hydrogen) atoms. The van der Waals surface area contributed by atoms with Crippen LogP contribution >= 0.6 is 0 Å². The number of carbonyl (C=O) groups is 4. The summed E-state index contributed by atoms with van der Waals surface area (Å²) >= 11 is 0. The molecule has 1 rings (SSSR count). The van der Waals surface area contributed by atoms with Crippen molar-refractivity contribution in [3.63, 3.8) is 0 Å². The number of hydrogen-bond acceptors (Lipinski definition) is 8. The quantitative estimate of drug-likeness (QED) is 0.0601. The molecule has 1 aromatic carbocycles. The lowest BCUT2D eigenvalue weighted by Gasteiger charge is -2.43. The van der Waals surface area contributed by atoms with Gasteiger partial charge >= 0.3 is 12.1 Å². The van der Waals surface area contributed by atoms with Gasteiger partial charge in [-0.25, -0.2) is 9.59 Å². The van der Waals surface area contributed by atoms with Gasteiger partial charge < -0.3 is 34.6 Å². The summed E-state index contributed by atoms with van der Waals surface area (Å²) in [6.45, 7) is 27.7. The highest BCUT2D eigenvalue weighted by Gasteiger charge is 2.43. The average Bonchev–Trinajstić information content (AvgIpc) is 3.07. The van der Waals surface area contributed by atoms with Crippen LogP contribution in [-0.2, 0) is 18.7 Å². The van der Waals surface area contributed by atoms with E-state index in [1.54, 1.807) is 19.2 Å². The number of methoxy groups -OCH3 is 1. The van der Waals surface area contributed by atoms with E-state index in [9.17, 15) is 19.2 Å². The monoisotopic (exact) mass is 793 g/mol. The van der Waals surface area contributed by atoms with Crippen LogP contribution in [0, 0.1) is 23.7 Å². The van der Waals surface area contributed by atoms with Crippen LogP contribution in [-0.4, -0.2) is 88.9 Å². The summed E-state index contributed by atoms with van der Waals surface area (Å²) in [5, 5.41) is 8.82. The zero-order valence-corrected chi connectivity index (χ0v) is 37.9. The summed E-state index contributed by atoms with van der Waals surface area (Å²) in [5.41, 5.74) is -0.312. The molecule has 5 amide bonds. The predicted molar refractivity (Wildman–Crippen MR) is 223 cm³/mol. The number of rotatable bonds is 22. The number of amides is 5. The number of alkyl carbamates (subject to hydrolysis) is 1. The van der Waals surface area contributed by atoms with Crippen LogP contribution in [0.4, 0.5) is 9.59 Å². The molecule has 0 radical (unpaired) electrons. The SMILES string of the molecule is CCCN(C(=O)NC)C(=O)C(CCC(CC(C(C)C)C(NC(=O)c1ccccc1OCCCCOC)O[Si](C)(C)C(C)(C)C)NC(=O)OC(C)(C)C)C(C)C. The van der Waals surface area contributed by atoms with E-state index in [2.05, 4.69) is 63.7 Å². The number of nitrogens with zero attached hydrogens (tertiary/aromatic N) is 1. The van der Waals surface area contributed by atoms with E-state index in [-0.39, 0.29) is 34.6 Å². The predicted octanol–water partition coefficient (Wildman–Crippen LogP) is 8.76. The van der Waals surface area contributed by atoms with Gasteiger partial charge in [0.25, 0.3) is 5.91 Å². The van der Waals surface area contributed by atoms with Gasteiger partial charge in [0.2, 0.25) is 5.91 Å². The summed E-state index contributed by atoms with van der Waals surface area (Å²) in [5.74, 6) is -0.818. The van der Waals surface area contributed by atoms with Gasteiger partial charge in [-0.3, -0.25) is 14.5 Å². The van der Waals surface area contributed by atoms with E-state index < -0.39 is 44.2 Å². The Morgan fingerprint density at radius 1 is 0.873 bits per heavy atom. The highest BCUT2D eigenvalue weighted by Crippen LogP contribution is 2.39. The number of imide groups is 1. The van der Waals surface area contributed by atoms with Gasteiger partial charge in [0, 0.05) is 45.2 Å². The first kappa shape index (κ1) is 49.9. The van der Waals surface area contributed by atoms with E-state index in [4.69, 9.17) is 18.6 Å². The second kappa shape index (κ2) is 23.2. The Bertz CT molecular complexity index is 1340. The van der Waals surface area contributed by atoms with Crippen molar-refractivity contribution in [1.29, 1.82) is 0 Å². The maximum Gasteiger partial charge on any atom is 0.407 e. The van der Waals surface area contributed by atoms with Crippen molar-refractivity contribution in [3.05, 3.63) is 29.8 Å². The lowest BCUT2D eigenvalue weighted by atomic mass is 9.83. The fourth-order valence-electron chi connectivity index (χ4n) is 6.03. The highest BCUT2D eigenvalue weighted by atomic mass is 28.4. The Morgan fingerprint density at radius 3 is 2.02 bits per heavy atom. The summed E-state index contributed by atoms with van der Waals surface area (Å²) in [6, 6.07) is 6.34. The molecule has 0 saturated heterocycles. The zero-order chi connectivity index (χ0) is 42.1. The van der Waals surface area contributed by atoms with Crippen molar-refractivity contribution in [2.45, 2.75) is 151 Å². The minimum atomic E-state index is -2.47. The summed E-state index contributed by atoms with van der Waals surface area (Å²) < 4.78 is 24.0. The second-order valence-corrected chi connectivity index (χ2v) is 22.5. The van der Waals surface area contributed by atoms with Crippen molar-refractivity contribution >= 4 is 32.3 Å². The Hall–Kier alpha value is -3.16. The van der Waals surface area contributed by atoms with E-state index in [1.165, 1.54) is 11.9 Å². The topological polar surface area (TPSA) is 145 Å². The van der Waals surface area contributed by atoms with Crippen molar-refractivity contribution in [1.82, 2.24) is 20.9 Å². The molecule has 0 heterocycles. The molecule has 13 heteroatoms. The molecular formula is C42H76N4O8Si. The van der Waals surface area contributed by atoms with Crippen LogP contribution in [0.5, 0.6) is 5.75 Å². The van der Waals surface area contributed by atoms with Gasteiger partial charge in [0.15, 0.2) is 8.32 Å². The van der Waals surface area contributed by atoms with Gasteiger partial charge in [-0.1, -0.05) is 67.5 Å². The molecule has 12 nitrogen and oxygen atoms in total. The first-order chi connectivity index (χ1) is 25.5. The number of para-hydroxylation sites is 1. The number of unbranched alkanes of at least 4 members (excludes halogenated alkanes) is 1. The maximum absolute atomic E-state index is 14.2. The molecule has 0 aromatic heterocycles. The summed E-state index contributed by atoms with van der Waals surface area (Å²) in [7, 11) is 0.724. The van der Waals surface area contributed by atoms with Gasteiger partial charge in [-0.05, 0) is 101 Å². The summed E-state index contributed by atoms with van der Waals surface area (Å²) in [4.78, 5) is 55.4. The summed E-state index contributed by atoms with van der Waals surface area (Å²) in [6.07, 6.45) is 2.29. The van der Waals surface area contributed by atoms with Crippen molar-refractivity contribution in [2.75, 3.05) is 33.9 Å². The largest absolute Gasteiger partial charge is 0.493 e. The molecular weight excluding hydrogens is 717 g/mol. The smallest absolute Gasteiger partial charge is 0.407 e. The maximum atomic E-state index is 14.2. The van der Waals surface area contributed by atoms with Crippen LogP contribution in [0.25, 0.3) is 0 Å². The molecule has 3 N–H and O–H groups in total. The van der Waals surface area contributed by atoms with E-state index in [0.29, 0.717) is 56.8 Å². The number of nitrogens with one attached hydrogen (secondary N) is 3. The first-order valence-electron chi connectivity index (χ1n) is 20.2. The van der Waals surface area contributed by atoms with Crippen LogP contribution < -0.4 is 20.7 Å². The van der Waals surface area contributed by atoms with E-state index in [1.807, 2.05) is 53.7 Å². The Balaban J connectivity index is 3.63. The Kier molecular flexibility index (Phi) is 21.0. The first-order valence-corrected chi connectivity index (χ1v) is 23.1. The fraction of sp³-hybridized carbons (Fsp3) is 0.762. The van der Waals surface area contributed by atoms with Crippen molar-refractivity contribution in [3.8, 4) is 5.75 Å². The third kappa shape index (κ3) is 17.3. The molecule has 0 saturated carbocycles. The molecule has 4 atom stereocenters. The molecule has 0 aliphatic rings. The average molecular weight is 793 g/mol. The van der Waals surface area contributed by atoms with Gasteiger partial charge in [0.05, 0.1) is 12.2 Å². The number of benzene rings is 1. The number of carbonyl (C=O) groups excluding carboxylic acids is 4. The van der Waals surface area contributed by atoms with Gasteiger partial charge in [-0.15, -0.1) is 0 Å². The molecule has 316 valence electrons. The Labute approximate surface area is 334 Å². The van der Waals surface area contributed by atoms with Crippen molar-refractivity contribution in [2.24, 2.45) is 23.7 Å². The van der Waals surface area contributed by atoms with Gasteiger partial charge in [-0.2, -0.15) is 0 Å². The molecule has 1 aromatic rings. The van der Waals surface area contributed by atoms with Crippen LogP contribution in [0.15, 0.2) is 24.3 Å². The van der Waals surface area contributed by atoms with Crippen LogP contribution in [0.3, 0.4) is 0 Å². The lowest BCUT2D eigenvalue weighted by Crippen LogP contribution is -2.54. The lowest BCUT2D eigenvalue weighted by molar-refractivity contribution is -0.134. The third-order valence-electron chi connectivity index (χ3n) is 10.3. The normalized spacial score (nSPS) is 14.5. The molecule has 0 bridgehead atoms. The van der Waals surface area contributed by atoms with Crippen LogP contribution in [0.1, 0.15) is 125 Å². The number of hydrogen-bond donors (Lipinski definition) is 3. The highest BCUT2D eigenvalue weighted by molar-refractivity contribution is 6.74.